The van der Waals surface area contributed by atoms with Crippen molar-refractivity contribution in [2.24, 2.45) is 4.99 Å². The number of guanidine groups is 1. The van der Waals surface area contributed by atoms with Crippen molar-refractivity contribution in [2.45, 2.75) is 19.1 Å². The van der Waals surface area contributed by atoms with Crippen LogP contribution in [-0.2, 0) is 4.79 Å². The monoisotopic (exact) mass is 358 g/mol. The predicted molar refractivity (Wildman–Crippen MR) is 93.5 cm³/mol. The minimum absolute atomic E-state index is 0.302. The Morgan fingerprint density at radius 3 is 2.85 bits per heavy atom. The summed E-state index contributed by atoms with van der Waals surface area (Å²) in [6.45, 7) is 2.97. The number of urea groups is 1. The number of hydrogen-bond acceptors (Lipinski definition) is 6. The van der Waals surface area contributed by atoms with Crippen LogP contribution in [0.5, 0.6) is 0 Å². The normalized spacial score (nSPS) is 24.2. The molecule has 0 aliphatic carbocycles. The first-order valence-electron chi connectivity index (χ1n) is 8.35. The second kappa shape index (κ2) is 6.01. The molecule has 3 aliphatic rings. The van der Waals surface area contributed by atoms with Gasteiger partial charge in [0.15, 0.2) is 12.2 Å². The molecule has 9 heteroatoms. The van der Waals surface area contributed by atoms with Crippen LogP contribution in [0.2, 0.25) is 0 Å². The number of nitrogens with one attached hydrogen (secondary N) is 2. The van der Waals surface area contributed by atoms with Crippen molar-refractivity contribution >= 4 is 23.6 Å². The van der Waals surface area contributed by atoms with Crippen molar-refractivity contribution in [3.05, 3.63) is 42.0 Å². The zero-order valence-electron chi connectivity index (χ0n) is 14.4. The summed E-state index contributed by atoms with van der Waals surface area (Å²) in [6, 6.07) is 5.49. The number of likely N-dealkylation sites (N-methyl/N-ethyl adjacent to an activating group) is 1. The van der Waals surface area contributed by atoms with Gasteiger partial charge in [0.05, 0.1) is 5.69 Å². The maximum Gasteiger partial charge on any atom is 0.325 e. The quantitative estimate of drug-likeness (QED) is 0.838. The number of hydrogen-bond donors (Lipinski definition) is 2. The van der Waals surface area contributed by atoms with Gasteiger partial charge in [-0.25, -0.2) is 14.2 Å². The average Bonchev–Trinajstić information content (AvgIpc) is 3.11. The number of fused-ring (bicyclic) bond motifs is 3. The molecule has 1 saturated heterocycles. The van der Waals surface area contributed by atoms with Crippen LogP contribution in [0.25, 0.3) is 0 Å². The lowest BCUT2D eigenvalue weighted by molar-refractivity contribution is -0.126. The Morgan fingerprint density at radius 1 is 1.31 bits per heavy atom. The first-order valence-corrected chi connectivity index (χ1v) is 8.35. The lowest BCUT2D eigenvalue weighted by atomic mass is 10.1. The van der Waals surface area contributed by atoms with Gasteiger partial charge in [0.1, 0.15) is 5.82 Å². The fraction of sp³-hybridized carbons (Fsp3) is 0.353. The molecule has 4 rings (SSSR count). The number of carbonyl (C=O) groups is 2. The molecule has 3 amide bonds. The number of allylic oxidation sites excluding steroid dienone is 1. The highest BCUT2D eigenvalue weighted by Gasteiger charge is 2.51. The summed E-state index contributed by atoms with van der Waals surface area (Å²) in [5.74, 6) is -0.0272. The van der Waals surface area contributed by atoms with Gasteiger partial charge in [-0.2, -0.15) is 0 Å². The van der Waals surface area contributed by atoms with Crippen molar-refractivity contribution in [1.82, 2.24) is 20.0 Å². The Bertz CT molecular complexity index is 838. The molecule has 26 heavy (non-hydrogen) atoms. The van der Waals surface area contributed by atoms with E-state index >= 15 is 0 Å². The van der Waals surface area contributed by atoms with Crippen LogP contribution in [0.1, 0.15) is 6.92 Å². The van der Waals surface area contributed by atoms with Gasteiger partial charge in [-0.3, -0.25) is 10.1 Å². The zero-order chi connectivity index (χ0) is 18.4. The van der Waals surface area contributed by atoms with Crippen LogP contribution in [0, 0.1) is 5.82 Å². The molecule has 2 unspecified atom stereocenters. The van der Waals surface area contributed by atoms with Crippen LogP contribution < -0.4 is 10.6 Å². The molecule has 0 spiro atoms. The van der Waals surface area contributed by atoms with Crippen LogP contribution >= 0.6 is 0 Å². The number of rotatable bonds is 4. The molecule has 8 nitrogen and oxygen atoms in total. The molecule has 0 aromatic heterocycles. The van der Waals surface area contributed by atoms with E-state index < -0.39 is 18.2 Å². The topological polar surface area (TPSA) is 80.3 Å². The van der Waals surface area contributed by atoms with E-state index in [9.17, 15) is 14.0 Å². The lowest BCUT2D eigenvalue weighted by Crippen LogP contribution is -2.62. The van der Waals surface area contributed by atoms with Crippen molar-refractivity contribution in [1.29, 1.82) is 0 Å². The molecule has 0 radical (unpaired) electrons. The number of nitrogens with zero attached hydrogens (tertiary/aromatic N) is 4. The Balaban J connectivity index is 1.48. The molecule has 0 saturated carbocycles. The molecule has 136 valence electrons. The molecule has 1 aromatic carbocycles. The van der Waals surface area contributed by atoms with E-state index in [1.54, 1.807) is 30.1 Å². The van der Waals surface area contributed by atoms with Gasteiger partial charge in [-0.05, 0) is 19.1 Å². The van der Waals surface area contributed by atoms with E-state index in [0.717, 1.165) is 5.70 Å². The summed E-state index contributed by atoms with van der Waals surface area (Å²) in [7, 11) is 1.62. The minimum atomic E-state index is -0.563. The summed E-state index contributed by atoms with van der Waals surface area (Å²) in [5, 5.41) is 5.41. The number of imide groups is 1. The van der Waals surface area contributed by atoms with Crippen molar-refractivity contribution < 1.29 is 14.0 Å². The van der Waals surface area contributed by atoms with E-state index in [4.69, 9.17) is 0 Å². The first kappa shape index (κ1) is 16.4. The molecule has 0 bridgehead atoms. The van der Waals surface area contributed by atoms with Gasteiger partial charge >= 0.3 is 6.03 Å². The lowest BCUT2D eigenvalue weighted by Gasteiger charge is -2.34. The van der Waals surface area contributed by atoms with Crippen LogP contribution in [0.15, 0.2) is 41.2 Å². The number of para-hydroxylation sites is 1. The van der Waals surface area contributed by atoms with E-state index in [-0.39, 0.29) is 11.7 Å². The highest BCUT2D eigenvalue weighted by atomic mass is 19.1. The van der Waals surface area contributed by atoms with Crippen molar-refractivity contribution in [2.75, 3.05) is 25.5 Å². The van der Waals surface area contributed by atoms with E-state index in [1.165, 1.54) is 11.0 Å². The van der Waals surface area contributed by atoms with E-state index in [2.05, 4.69) is 15.6 Å². The number of anilines is 1. The Morgan fingerprint density at radius 2 is 2.08 bits per heavy atom. The smallest absolute Gasteiger partial charge is 0.325 e. The second-order valence-electron chi connectivity index (χ2n) is 6.43. The van der Waals surface area contributed by atoms with Gasteiger partial charge in [0, 0.05) is 32.0 Å². The molecule has 1 fully saturated rings. The zero-order valence-corrected chi connectivity index (χ0v) is 14.4. The fourth-order valence-corrected chi connectivity index (χ4v) is 3.43. The van der Waals surface area contributed by atoms with Gasteiger partial charge in [-0.1, -0.05) is 12.1 Å². The third-order valence-corrected chi connectivity index (χ3v) is 4.79. The van der Waals surface area contributed by atoms with Gasteiger partial charge in [0.25, 0.3) is 5.91 Å². The molecule has 1 aromatic rings. The summed E-state index contributed by atoms with van der Waals surface area (Å²) >= 11 is 0. The molecule has 3 heterocycles. The van der Waals surface area contributed by atoms with E-state index in [1.807, 2.05) is 18.0 Å². The number of benzene rings is 1. The van der Waals surface area contributed by atoms with Crippen LogP contribution in [0.3, 0.4) is 0 Å². The molecule has 2 N–H and O–H groups in total. The molecule has 3 aliphatic heterocycles. The third kappa shape index (κ3) is 2.47. The summed E-state index contributed by atoms with van der Waals surface area (Å²) in [4.78, 5) is 33.8. The van der Waals surface area contributed by atoms with Gasteiger partial charge < -0.3 is 20.0 Å². The first-order chi connectivity index (χ1) is 12.5. The Labute approximate surface area is 150 Å². The van der Waals surface area contributed by atoms with Gasteiger partial charge in [0.2, 0.25) is 5.96 Å². The number of halogens is 1. The largest absolute Gasteiger partial charge is 0.381 e. The maximum atomic E-state index is 13.7. The standard InChI is InChI=1S/C17H19FN6O2/c1-10-9-24-13-14(22(2)17(26)21-15(13)25)20-16(24)23(10)8-7-19-12-6-4-3-5-11(12)18/h3-6,9,13-14,19H,7-8H2,1-2H3,(H,21,25,26). The fourth-order valence-electron chi connectivity index (χ4n) is 3.43. The minimum Gasteiger partial charge on any atom is -0.381 e. The van der Waals surface area contributed by atoms with Crippen molar-refractivity contribution in [3.8, 4) is 0 Å². The Hall–Kier alpha value is -3.10. The second-order valence-corrected chi connectivity index (χ2v) is 6.43. The number of amides is 3. The number of carbonyl (C=O) groups excluding carboxylic acids is 2. The van der Waals surface area contributed by atoms with Crippen LogP contribution in [0.4, 0.5) is 14.9 Å². The highest BCUT2D eigenvalue weighted by molar-refractivity contribution is 6.04. The summed E-state index contributed by atoms with van der Waals surface area (Å²) < 4.78 is 13.7. The molecule has 2 atom stereocenters. The molecular formula is C17H19FN6O2. The maximum absolute atomic E-state index is 13.7. The predicted octanol–water partition coefficient (Wildman–Crippen LogP) is 0.962. The average molecular weight is 358 g/mol. The summed E-state index contributed by atoms with van der Waals surface area (Å²) in [6.07, 6.45) is 1.31. The van der Waals surface area contributed by atoms with Gasteiger partial charge in [-0.15, -0.1) is 0 Å². The summed E-state index contributed by atoms with van der Waals surface area (Å²) in [5.41, 5.74) is 1.38. The number of aliphatic imine (C=N–C) groups is 1. The Kier molecular flexibility index (Phi) is 3.78. The molecular weight excluding hydrogens is 339 g/mol. The highest BCUT2D eigenvalue weighted by Crippen LogP contribution is 2.31. The van der Waals surface area contributed by atoms with E-state index in [0.29, 0.717) is 24.7 Å². The third-order valence-electron chi connectivity index (χ3n) is 4.79. The van der Waals surface area contributed by atoms with Crippen molar-refractivity contribution in [3.63, 3.8) is 0 Å². The van der Waals surface area contributed by atoms with Crippen LogP contribution in [-0.4, -0.2) is 64.9 Å². The SMILES string of the molecule is CC1=CN2C(=NC3C2C(=O)NC(=O)N3C)N1CCNc1ccccc1F.